The van der Waals surface area contributed by atoms with E-state index in [-0.39, 0.29) is 5.91 Å². The molecule has 2 aromatic carbocycles. The van der Waals surface area contributed by atoms with Gasteiger partial charge in [-0.2, -0.15) is 0 Å². The van der Waals surface area contributed by atoms with E-state index in [0.29, 0.717) is 32.8 Å². The first kappa shape index (κ1) is 17.6. The molecule has 25 heavy (non-hydrogen) atoms. The van der Waals surface area contributed by atoms with E-state index >= 15 is 0 Å². The fraction of sp³-hybridized carbons (Fsp3) is 0.222. The predicted molar refractivity (Wildman–Crippen MR) is 101 cm³/mol. The minimum absolute atomic E-state index is 0.158. The first-order chi connectivity index (χ1) is 12.0. The van der Waals surface area contributed by atoms with Crippen molar-refractivity contribution in [3.05, 3.63) is 47.0 Å². The maximum atomic E-state index is 12.5. The van der Waals surface area contributed by atoms with Crippen molar-refractivity contribution in [2.45, 2.75) is 24.3 Å². The normalized spacial score (nSPS) is 12.2. The van der Waals surface area contributed by atoms with Crippen molar-refractivity contribution >= 4 is 46.1 Å². The number of rotatable bonds is 5. The number of nitrogens with one attached hydrogen (secondary N) is 1. The Hall–Kier alpha value is -2.18. The molecule has 0 aliphatic carbocycles. The Kier molecular flexibility index (Phi) is 5.20. The van der Waals surface area contributed by atoms with Crippen LogP contribution in [0.15, 0.2) is 46.0 Å². The van der Waals surface area contributed by atoms with Crippen molar-refractivity contribution in [3.8, 4) is 5.75 Å². The zero-order valence-corrected chi connectivity index (χ0v) is 15.6. The number of hydrogen-bond acceptors (Lipinski definition) is 5. The van der Waals surface area contributed by atoms with E-state index in [4.69, 9.17) is 20.8 Å². The second-order valence-corrected chi connectivity index (χ2v) is 7.27. The molecule has 0 saturated carbocycles. The molecule has 0 fully saturated rings. The van der Waals surface area contributed by atoms with Gasteiger partial charge in [0, 0.05) is 11.1 Å². The molecule has 1 atom stereocenters. The lowest BCUT2D eigenvalue weighted by Crippen LogP contribution is -2.22. The van der Waals surface area contributed by atoms with Gasteiger partial charge in [0.25, 0.3) is 5.22 Å². The number of anilines is 1. The molecular formula is C18H17ClN2O3S. The smallest absolute Gasteiger partial charge is 0.257 e. The number of thioether (sulfide) groups is 1. The van der Waals surface area contributed by atoms with Crippen LogP contribution in [0.25, 0.3) is 11.1 Å². The molecule has 130 valence electrons. The average Bonchev–Trinajstić information content (AvgIpc) is 2.96. The van der Waals surface area contributed by atoms with Crippen LogP contribution in [0.1, 0.15) is 12.5 Å². The molecule has 1 aromatic heterocycles. The van der Waals surface area contributed by atoms with Gasteiger partial charge < -0.3 is 14.5 Å². The molecule has 0 saturated heterocycles. The third-order valence-corrected chi connectivity index (χ3v) is 4.77. The molecule has 1 amide bonds. The third kappa shape index (κ3) is 4.08. The SMILES string of the molecule is COc1ccc(C)cc1NC(=O)[C@H](C)Sc1nc2ccc(Cl)cc2o1. The van der Waals surface area contributed by atoms with E-state index < -0.39 is 5.25 Å². The van der Waals surface area contributed by atoms with Crippen molar-refractivity contribution in [1.82, 2.24) is 4.98 Å². The number of carbonyl (C=O) groups excluding carboxylic acids is 1. The molecule has 7 heteroatoms. The largest absolute Gasteiger partial charge is 0.495 e. The van der Waals surface area contributed by atoms with Gasteiger partial charge in [0.15, 0.2) is 5.58 Å². The zero-order chi connectivity index (χ0) is 18.0. The second kappa shape index (κ2) is 7.37. The summed E-state index contributed by atoms with van der Waals surface area (Å²) in [5.74, 6) is 0.460. The Labute approximate surface area is 154 Å². The minimum Gasteiger partial charge on any atom is -0.495 e. The van der Waals surface area contributed by atoms with Gasteiger partial charge in [-0.3, -0.25) is 4.79 Å². The number of nitrogens with zero attached hydrogens (tertiary/aromatic N) is 1. The molecular weight excluding hydrogens is 360 g/mol. The summed E-state index contributed by atoms with van der Waals surface area (Å²) in [6, 6.07) is 10.9. The zero-order valence-electron chi connectivity index (χ0n) is 14.0. The number of aryl methyl sites for hydroxylation is 1. The van der Waals surface area contributed by atoms with Crippen LogP contribution in [0.3, 0.4) is 0 Å². The summed E-state index contributed by atoms with van der Waals surface area (Å²) in [5, 5.41) is 3.50. The van der Waals surface area contributed by atoms with Gasteiger partial charge in [-0.05, 0) is 43.7 Å². The summed E-state index contributed by atoms with van der Waals surface area (Å²) in [5.41, 5.74) is 2.99. The van der Waals surface area contributed by atoms with Crippen LogP contribution in [0.4, 0.5) is 5.69 Å². The van der Waals surface area contributed by atoms with Crippen LogP contribution in [0.5, 0.6) is 5.75 Å². The molecule has 0 spiro atoms. The Bertz CT molecular complexity index is 926. The van der Waals surface area contributed by atoms with Crippen molar-refractivity contribution in [2.75, 3.05) is 12.4 Å². The van der Waals surface area contributed by atoms with Crippen molar-refractivity contribution < 1.29 is 13.9 Å². The number of hydrogen-bond donors (Lipinski definition) is 1. The summed E-state index contributed by atoms with van der Waals surface area (Å²) in [6.45, 7) is 3.75. The van der Waals surface area contributed by atoms with Crippen LogP contribution in [0.2, 0.25) is 5.02 Å². The lowest BCUT2D eigenvalue weighted by molar-refractivity contribution is -0.115. The second-order valence-electron chi connectivity index (χ2n) is 5.54. The van der Waals surface area contributed by atoms with Crippen LogP contribution >= 0.6 is 23.4 Å². The highest BCUT2D eigenvalue weighted by atomic mass is 35.5. The molecule has 1 heterocycles. The van der Waals surface area contributed by atoms with Gasteiger partial charge in [0.2, 0.25) is 5.91 Å². The highest BCUT2D eigenvalue weighted by Crippen LogP contribution is 2.30. The van der Waals surface area contributed by atoms with Gasteiger partial charge in [-0.1, -0.05) is 29.4 Å². The average molecular weight is 377 g/mol. The van der Waals surface area contributed by atoms with Gasteiger partial charge in [-0.25, -0.2) is 4.98 Å². The fourth-order valence-electron chi connectivity index (χ4n) is 2.29. The number of halogens is 1. The van der Waals surface area contributed by atoms with Gasteiger partial charge in [0.1, 0.15) is 11.3 Å². The third-order valence-electron chi connectivity index (χ3n) is 3.59. The van der Waals surface area contributed by atoms with Crippen molar-refractivity contribution in [3.63, 3.8) is 0 Å². The Morgan fingerprint density at radius 1 is 1.32 bits per heavy atom. The number of ether oxygens (including phenoxy) is 1. The highest BCUT2D eigenvalue weighted by Gasteiger charge is 2.19. The first-order valence-electron chi connectivity index (χ1n) is 7.64. The molecule has 1 N–H and O–H groups in total. The van der Waals surface area contributed by atoms with E-state index in [1.807, 2.05) is 25.1 Å². The summed E-state index contributed by atoms with van der Waals surface area (Å²) in [7, 11) is 1.57. The number of aromatic nitrogens is 1. The van der Waals surface area contributed by atoms with Gasteiger partial charge in [-0.15, -0.1) is 0 Å². The highest BCUT2D eigenvalue weighted by molar-refractivity contribution is 8.00. The maximum absolute atomic E-state index is 12.5. The lowest BCUT2D eigenvalue weighted by atomic mass is 10.2. The summed E-state index contributed by atoms with van der Waals surface area (Å²) < 4.78 is 10.9. The summed E-state index contributed by atoms with van der Waals surface area (Å²) >= 11 is 7.19. The van der Waals surface area contributed by atoms with E-state index in [9.17, 15) is 4.79 Å². The van der Waals surface area contributed by atoms with E-state index in [1.54, 1.807) is 32.2 Å². The number of carbonyl (C=O) groups is 1. The van der Waals surface area contributed by atoms with Crippen molar-refractivity contribution in [1.29, 1.82) is 0 Å². The van der Waals surface area contributed by atoms with Gasteiger partial charge in [0.05, 0.1) is 18.0 Å². The number of fused-ring (bicyclic) bond motifs is 1. The molecule has 3 aromatic rings. The van der Waals surface area contributed by atoms with E-state index in [1.165, 1.54) is 11.8 Å². The Balaban J connectivity index is 1.72. The number of methoxy groups -OCH3 is 1. The van der Waals surface area contributed by atoms with Crippen LogP contribution in [-0.4, -0.2) is 23.3 Å². The summed E-state index contributed by atoms with van der Waals surface area (Å²) in [6.07, 6.45) is 0. The Morgan fingerprint density at radius 3 is 2.88 bits per heavy atom. The van der Waals surface area contributed by atoms with Crippen LogP contribution in [-0.2, 0) is 4.79 Å². The van der Waals surface area contributed by atoms with Crippen molar-refractivity contribution in [2.24, 2.45) is 0 Å². The summed E-state index contributed by atoms with van der Waals surface area (Å²) in [4.78, 5) is 16.9. The number of benzene rings is 2. The van der Waals surface area contributed by atoms with Crippen LogP contribution in [0, 0.1) is 6.92 Å². The standard InChI is InChI=1S/C18H17ClN2O3S/c1-10-4-7-15(23-3)14(8-10)20-17(22)11(2)25-18-21-13-6-5-12(19)9-16(13)24-18/h4-9,11H,1-3H3,(H,20,22)/t11-/m0/s1. The number of oxazole rings is 1. The van der Waals surface area contributed by atoms with E-state index in [2.05, 4.69) is 10.3 Å². The molecule has 0 bridgehead atoms. The maximum Gasteiger partial charge on any atom is 0.257 e. The molecule has 0 aliphatic rings. The fourth-order valence-corrected chi connectivity index (χ4v) is 3.21. The Morgan fingerprint density at radius 2 is 2.12 bits per heavy atom. The molecule has 0 aliphatic heterocycles. The topological polar surface area (TPSA) is 64.4 Å². The number of amides is 1. The molecule has 3 rings (SSSR count). The lowest BCUT2D eigenvalue weighted by Gasteiger charge is -2.13. The quantitative estimate of drug-likeness (QED) is 0.640. The van der Waals surface area contributed by atoms with E-state index in [0.717, 1.165) is 5.56 Å². The van der Waals surface area contributed by atoms with Gasteiger partial charge >= 0.3 is 0 Å². The minimum atomic E-state index is -0.395. The molecule has 5 nitrogen and oxygen atoms in total. The first-order valence-corrected chi connectivity index (χ1v) is 8.90. The molecule has 0 radical (unpaired) electrons. The predicted octanol–water partition coefficient (Wildman–Crippen LogP) is 4.92. The molecule has 0 unspecified atom stereocenters. The monoisotopic (exact) mass is 376 g/mol. The van der Waals surface area contributed by atoms with Crippen LogP contribution < -0.4 is 10.1 Å².